The maximum atomic E-state index is 13.6. The first-order valence-corrected chi connectivity index (χ1v) is 5.15. The summed E-state index contributed by atoms with van der Waals surface area (Å²) in [5.41, 5.74) is 6.19. The topological polar surface area (TPSA) is 94.0 Å². The SMILES string of the molecule is Cc1nnc(NC(=O)c2c(F)ccc(N)c2C)o1. The van der Waals surface area contributed by atoms with Crippen molar-refractivity contribution in [3.63, 3.8) is 0 Å². The minimum atomic E-state index is -0.680. The predicted octanol–water partition coefficient (Wildman–Crippen LogP) is 1.66. The van der Waals surface area contributed by atoms with Gasteiger partial charge in [-0.05, 0) is 24.6 Å². The molecule has 0 aliphatic rings. The lowest BCUT2D eigenvalue weighted by atomic mass is 10.1. The molecule has 0 bridgehead atoms. The Balaban J connectivity index is 2.32. The van der Waals surface area contributed by atoms with E-state index in [0.717, 1.165) is 6.07 Å². The Hall–Kier alpha value is -2.44. The van der Waals surface area contributed by atoms with Gasteiger partial charge >= 0.3 is 6.01 Å². The second-order valence-corrected chi connectivity index (χ2v) is 3.72. The fourth-order valence-corrected chi connectivity index (χ4v) is 1.48. The number of nitrogen functional groups attached to an aromatic ring is 1. The van der Waals surface area contributed by atoms with Crippen molar-refractivity contribution in [1.82, 2.24) is 10.2 Å². The van der Waals surface area contributed by atoms with Crippen LogP contribution in [0.5, 0.6) is 0 Å². The zero-order valence-corrected chi connectivity index (χ0v) is 9.82. The lowest BCUT2D eigenvalue weighted by Crippen LogP contribution is -2.16. The largest absolute Gasteiger partial charge is 0.408 e. The van der Waals surface area contributed by atoms with E-state index in [-0.39, 0.29) is 11.6 Å². The summed E-state index contributed by atoms with van der Waals surface area (Å²) in [6.45, 7) is 3.14. The van der Waals surface area contributed by atoms with Gasteiger partial charge in [-0.3, -0.25) is 10.1 Å². The molecule has 1 heterocycles. The van der Waals surface area contributed by atoms with E-state index in [2.05, 4.69) is 15.5 Å². The molecule has 0 atom stereocenters. The van der Waals surface area contributed by atoms with Crippen LogP contribution < -0.4 is 11.1 Å². The van der Waals surface area contributed by atoms with Crippen molar-refractivity contribution in [3.05, 3.63) is 35.0 Å². The van der Waals surface area contributed by atoms with Crippen molar-refractivity contribution < 1.29 is 13.6 Å². The molecule has 2 rings (SSSR count). The molecule has 1 aromatic carbocycles. The lowest BCUT2D eigenvalue weighted by Gasteiger charge is -2.08. The van der Waals surface area contributed by atoms with Gasteiger partial charge in [0.25, 0.3) is 5.91 Å². The minimum absolute atomic E-state index is 0.0845. The van der Waals surface area contributed by atoms with Crippen molar-refractivity contribution in [3.8, 4) is 0 Å². The molecule has 0 saturated heterocycles. The number of carbonyl (C=O) groups excluding carboxylic acids is 1. The molecule has 0 aliphatic carbocycles. The highest BCUT2D eigenvalue weighted by Gasteiger charge is 2.18. The van der Waals surface area contributed by atoms with Gasteiger partial charge in [-0.1, -0.05) is 5.10 Å². The highest BCUT2D eigenvalue weighted by atomic mass is 19.1. The van der Waals surface area contributed by atoms with Crippen LogP contribution in [0, 0.1) is 19.7 Å². The summed E-state index contributed by atoms with van der Waals surface area (Å²) in [6, 6.07) is 2.45. The lowest BCUT2D eigenvalue weighted by molar-refractivity contribution is 0.101. The summed E-state index contributed by atoms with van der Waals surface area (Å²) in [7, 11) is 0. The quantitative estimate of drug-likeness (QED) is 0.790. The van der Waals surface area contributed by atoms with E-state index >= 15 is 0 Å². The Morgan fingerprint density at radius 3 is 2.72 bits per heavy atom. The number of nitrogens with one attached hydrogen (secondary N) is 1. The van der Waals surface area contributed by atoms with Crippen LogP contribution >= 0.6 is 0 Å². The van der Waals surface area contributed by atoms with E-state index in [9.17, 15) is 9.18 Å². The molecule has 0 aliphatic heterocycles. The fourth-order valence-electron chi connectivity index (χ4n) is 1.48. The fraction of sp³-hybridized carbons (Fsp3) is 0.182. The average molecular weight is 250 g/mol. The molecule has 0 fully saturated rings. The molecule has 1 aromatic heterocycles. The number of anilines is 2. The molecule has 3 N–H and O–H groups in total. The van der Waals surface area contributed by atoms with Crippen LogP contribution in [0.15, 0.2) is 16.5 Å². The van der Waals surface area contributed by atoms with Crippen LogP contribution in [0.1, 0.15) is 21.8 Å². The van der Waals surface area contributed by atoms with Gasteiger partial charge in [0.2, 0.25) is 5.89 Å². The standard InChI is InChI=1S/C11H11FN4O2/c1-5-8(13)4-3-7(12)9(5)10(17)14-11-16-15-6(2)18-11/h3-4H,13H2,1-2H3,(H,14,16,17). The Labute approximate surface area is 102 Å². The van der Waals surface area contributed by atoms with Crippen molar-refractivity contribution in [2.45, 2.75) is 13.8 Å². The monoisotopic (exact) mass is 250 g/mol. The van der Waals surface area contributed by atoms with Gasteiger partial charge < -0.3 is 10.2 Å². The highest BCUT2D eigenvalue weighted by molar-refractivity contribution is 6.05. The number of aromatic nitrogens is 2. The number of aryl methyl sites for hydroxylation is 1. The van der Waals surface area contributed by atoms with Gasteiger partial charge in [0, 0.05) is 12.6 Å². The zero-order chi connectivity index (χ0) is 13.3. The van der Waals surface area contributed by atoms with Crippen molar-refractivity contribution in [2.24, 2.45) is 0 Å². The first-order chi connectivity index (χ1) is 8.49. The Morgan fingerprint density at radius 2 is 2.11 bits per heavy atom. The van der Waals surface area contributed by atoms with E-state index in [4.69, 9.17) is 10.2 Å². The second kappa shape index (κ2) is 4.44. The van der Waals surface area contributed by atoms with Crippen LogP contribution in [-0.2, 0) is 0 Å². The number of carbonyl (C=O) groups is 1. The van der Waals surface area contributed by atoms with Crippen LogP contribution in [-0.4, -0.2) is 16.1 Å². The number of benzene rings is 1. The predicted molar refractivity (Wildman–Crippen MR) is 62.5 cm³/mol. The zero-order valence-electron chi connectivity index (χ0n) is 9.82. The first-order valence-electron chi connectivity index (χ1n) is 5.15. The van der Waals surface area contributed by atoms with Crippen molar-refractivity contribution in [2.75, 3.05) is 11.1 Å². The molecule has 18 heavy (non-hydrogen) atoms. The summed E-state index contributed by atoms with van der Waals surface area (Å²) >= 11 is 0. The van der Waals surface area contributed by atoms with Crippen LogP contribution in [0.2, 0.25) is 0 Å². The Bertz CT molecular complexity index is 609. The van der Waals surface area contributed by atoms with Gasteiger partial charge in [0.1, 0.15) is 5.82 Å². The third kappa shape index (κ3) is 2.15. The molecule has 94 valence electrons. The number of amides is 1. The summed E-state index contributed by atoms with van der Waals surface area (Å²) in [6.07, 6.45) is 0. The Kier molecular flexibility index (Phi) is 2.97. The number of rotatable bonds is 2. The van der Waals surface area contributed by atoms with Crippen LogP contribution in [0.25, 0.3) is 0 Å². The maximum Gasteiger partial charge on any atom is 0.322 e. The smallest absolute Gasteiger partial charge is 0.322 e. The van der Waals surface area contributed by atoms with Gasteiger partial charge in [-0.25, -0.2) is 4.39 Å². The van der Waals surface area contributed by atoms with Crippen LogP contribution in [0.4, 0.5) is 16.1 Å². The number of nitrogens with zero attached hydrogens (tertiary/aromatic N) is 2. The third-order valence-electron chi connectivity index (χ3n) is 2.43. The summed E-state index contributed by atoms with van der Waals surface area (Å²) in [5.74, 6) is -1.04. The van der Waals surface area contributed by atoms with Gasteiger partial charge in [0.05, 0.1) is 5.56 Å². The van der Waals surface area contributed by atoms with Gasteiger partial charge in [-0.2, -0.15) is 0 Å². The molecular formula is C11H11FN4O2. The summed E-state index contributed by atoms with van der Waals surface area (Å²) in [4.78, 5) is 11.9. The molecular weight excluding hydrogens is 239 g/mol. The van der Waals surface area contributed by atoms with E-state index in [1.165, 1.54) is 6.07 Å². The number of hydrogen-bond donors (Lipinski definition) is 2. The van der Waals surface area contributed by atoms with E-state index < -0.39 is 11.7 Å². The highest BCUT2D eigenvalue weighted by Crippen LogP contribution is 2.20. The van der Waals surface area contributed by atoms with Crippen LogP contribution in [0.3, 0.4) is 0 Å². The van der Waals surface area contributed by atoms with E-state index in [1.807, 2.05) is 0 Å². The van der Waals surface area contributed by atoms with E-state index in [1.54, 1.807) is 13.8 Å². The molecule has 0 unspecified atom stereocenters. The van der Waals surface area contributed by atoms with E-state index in [0.29, 0.717) is 17.1 Å². The first kappa shape index (κ1) is 12.0. The molecule has 1 amide bonds. The normalized spacial score (nSPS) is 10.4. The summed E-state index contributed by atoms with van der Waals surface area (Å²) in [5, 5.41) is 9.45. The third-order valence-corrected chi connectivity index (χ3v) is 2.43. The average Bonchev–Trinajstić information content (AvgIpc) is 2.70. The maximum absolute atomic E-state index is 13.6. The molecule has 0 spiro atoms. The molecule has 6 nitrogen and oxygen atoms in total. The second-order valence-electron chi connectivity index (χ2n) is 3.72. The number of nitrogens with two attached hydrogens (primary N) is 1. The summed E-state index contributed by atoms with van der Waals surface area (Å²) < 4.78 is 18.6. The van der Waals surface area contributed by atoms with Gasteiger partial charge in [-0.15, -0.1) is 5.10 Å². The number of hydrogen-bond acceptors (Lipinski definition) is 5. The number of halogens is 1. The molecule has 2 aromatic rings. The minimum Gasteiger partial charge on any atom is -0.408 e. The van der Waals surface area contributed by atoms with Gasteiger partial charge in [0.15, 0.2) is 0 Å². The molecule has 0 saturated carbocycles. The molecule has 7 heteroatoms. The van der Waals surface area contributed by atoms with Crippen molar-refractivity contribution in [1.29, 1.82) is 0 Å². The molecule has 0 radical (unpaired) electrons. The van der Waals surface area contributed by atoms with Crippen molar-refractivity contribution >= 4 is 17.6 Å². The Morgan fingerprint density at radius 1 is 1.39 bits per heavy atom.